The smallest absolute Gasteiger partial charge is 0.243 e. The van der Waals surface area contributed by atoms with Crippen LogP contribution in [-0.2, 0) is 22.4 Å². The first kappa shape index (κ1) is 27.2. The van der Waals surface area contributed by atoms with Gasteiger partial charge in [0.1, 0.15) is 17.7 Å². The highest BCUT2D eigenvalue weighted by molar-refractivity contribution is 5.94. The first-order chi connectivity index (χ1) is 17.7. The monoisotopic (exact) mass is 517 g/mol. The number of fused-ring (bicyclic) bond motifs is 1. The Bertz CT molecular complexity index is 1120. The van der Waals surface area contributed by atoms with Gasteiger partial charge in [0.15, 0.2) is 5.82 Å². The average Bonchev–Trinajstić information content (AvgIpc) is 3.29. The van der Waals surface area contributed by atoms with E-state index < -0.39 is 29.3 Å². The lowest BCUT2D eigenvalue weighted by molar-refractivity contribution is -0.126. The number of hydrogen-bond donors (Lipinski definition) is 4. The minimum absolute atomic E-state index is 0.106. The molecule has 202 valence electrons. The Morgan fingerprint density at radius 1 is 1.24 bits per heavy atom. The quantitative estimate of drug-likeness (QED) is 0.366. The van der Waals surface area contributed by atoms with E-state index in [2.05, 4.69) is 20.9 Å². The minimum Gasteiger partial charge on any atom is -0.388 e. The molecule has 0 saturated heterocycles. The second-order valence-electron chi connectivity index (χ2n) is 10.4. The van der Waals surface area contributed by atoms with Crippen LogP contribution in [0.3, 0.4) is 0 Å². The van der Waals surface area contributed by atoms with E-state index in [4.69, 9.17) is 0 Å². The minimum atomic E-state index is -0.800. The van der Waals surface area contributed by atoms with E-state index in [0.717, 1.165) is 18.9 Å². The topological polar surface area (TPSA) is 108 Å². The van der Waals surface area contributed by atoms with Crippen LogP contribution in [0.4, 0.5) is 14.6 Å². The van der Waals surface area contributed by atoms with Crippen molar-refractivity contribution in [3.8, 4) is 0 Å². The molecule has 2 aliphatic rings. The van der Waals surface area contributed by atoms with E-state index >= 15 is 0 Å². The molecule has 4 rings (SSSR count). The van der Waals surface area contributed by atoms with Gasteiger partial charge < -0.3 is 25.6 Å². The van der Waals surface area contributed by atoms with Crippen LogP contribution in [0.25, 0.3) is 0 Å². The van der Waals surface area contributed by atoms with E-state index in [0.29, 0.717) is 61.9 Å². The number of carbonyl (C=O) groups is 2. The van der Waals surface area contributed by atoms with E-state index in [9.17, 15) is 23.5 Å². The molecular formula is C27H37F2N5O3. The van der Waals surface area contributed by atoms with Gasteiger partial charge in [-0.3, -0.25) is 9.59 Å². The first-order valence-electron chi connectivity index (χ1n) is 13.3. The molecular weight excluding hydrogens is 480 g/mol. The summed E-state index contributed by atoms with van der Waals surface area (Å²) in [4.78, 5) is 30.1. The fraction of sp³-hybridized carbons (Fsp3) is 0.593. The first-order valence-corrected chi connectivity index (χ1v) is 13.3. The van der Waals surface area contributed by atoms with Crippen molar-refractivity contribution < 1.29 is 23.5 Å². The van der Waals surface area contributed by atoms with Gasteiger partial charge in [-0.15, -0.1) is 0 Å². The number of aromatic nitrogens is 2. The van der Waals surface area contributed by atoms with Crippen LogP contribution in [0.2, 0.25) is 0 Å². The van der Waals surface area contributed by atoms with Gasteiger partial charge in [0.2, 0.25) is 11.8 Å². The number of nitrogens with zero attached hydrogens (tertiary/aromatic N) is 2. The molecule has 1 aromatic carbocycles. The van der Waals surface area contributed by atoms with Gasteiger partial charge in [-0.05, 0) is 68.6 Å². The van der Waals surface area contributed by atoms with Crippen molar-refractivity contribution in [1.82, 2.24) is 20.2 Å². The molecule has 1 aromatic heterocycles. The van der Waals surface area contributed by atoms with Crippen molar-refractivity contribution >= 4 is 17.6 Å². The van der Waals surface area contributed by atoms with Gasteiger partial charge in [0, 0.05) is 24.8 Å². The highest BCUT2D eigenvalue weighted by Crippen LogP contribution is 2.31. The Balaban J connectivity index is 1.35. The lowest BCUT2D eigenvalue weighted by atomic mass is 9.80. The summed E-state index contributed by atoms with van der Waals surface area (Å²) >= 11 is 0. The number of nitrogens with one attached hydrogen (secondary N) is 3. The molecule has 2 aromatic rings. The molecule has 2 aliphatic carbocycles. The summed E-state index contributed by atoms with van der Waals surface area (Å²) in [6.45, 7) is 4.11. The summed E-state index contributed by atoms with van der Waals surface area (Å²) < 4.78 is 29.5. The second-order valence-corrected chi connectivity index (χ2v) is 10.4. The molecule has 0 radical (unpaired) electrons. The lowest BCUT2D eigenvalue weighted by Crippen LogP contribution is -2.49. The van der Waals surface area contributed by atoms with Crippen molar-refractivity contribution in [3.63, 3.8) is 0 Å². The third-order valence-corrected chi connectivity index (χ3v) is 7.57. The molecule has 1 unspecified atom stereocenters. The standard InChI is InChI=1S/C27H37F2N5O3/c1-3-6-22(32-19-8-7-17-11-18(28)12-21(29)20(17)13-19)25(35)33-24-14-34(16-31-24)23(4-2)26(36)30-15-27(37)9-5-10-27/h11-12,14,16,19,22-23,32,37H,3-10,13,15H2,1-2H3,(H,30,36)(H,33,35)/t19-,22-,23?/m0/s1. The SMILES string of the molecule is CCC[C@H](N[C@H]1CCc2cc(F)cc(F)c2C1)C(=O)Nc1cn(C(CC)C(=O)NCC2(O)CCC2)cn1. The highest BCUT2D eigenvalue weighted by Gasteiger charge is 2.35. The van der Waals surface area contributed by atoms with E-state index in [-0.39, 0.29) is 24.4 Å². The van der Waals surface area contributed by atoms with Gasteiger partial charge >= 0.3 is 0 Å². The number of hydrogen-bond acceptors (Lipinski definition) is 5. The summed E-state index contributed by atoms with van der Waals surface area (Å²) in [5.74, 6) is -1.22. The molecule has 0 spiro atoms. The number of aryl methyl sites for hydroxylation is 1. The fourth-order valence-corrected chi connectivity index (χ4v) is 5.24. The third-order valence-electron chi connectivity index (χ3n) is 7.57. The predicted octanol–water partition coefficient (Wildman–Crippen LogP) is 3.40. The van der Waals surface area contributed by atoms with Crippen LogP contribution in [0.15, 0.2) is 24.7 Å². The van der Waals surface area contributed by atoms with Crippen LogP contribution in [-0.4, -0.2) is 50.7 Å². The summed E-state index contributed by atoms with van der Waals surface area (Å²) in [7, 11) is 0. The number of aliphatic hydroxyl groups is 1. The van der Waals surface area contributed by atoms with E-state index in [1.54, 1.807) is 10.8 Å². The molecule has 0 aliphatic heterocycles. The van der Waals surface area contributed by atoms with E-state index in [1.165, 1.54) is 12.4 Å². The summed E-state index contributed by atoms with van der Waals surface area (Å²) in [6.07, 6.45) is 9.01. The Labute approximate surface area is 216 Å². The number of anilines is 1. The molecule has 10 heteroatoms. The third kappa shape index (κ3) is 6.54. The number of benzene rings is 1. The van der Waals surface area contributed by atoms with Crippen LogP contribution in [0, 0.1) is 11.6 Å². The van der Waals surface area contributed by atoms with Crippen LogP contribution >= 0.6 is 0 Å². The number of imidazole rings is 1. The largest absolute Gasteiger partial charge is 0.388 e. The fourth-order valence-electron chi connectivity index (χ4n) is 5.24. The lowest BCUT2D eigenvalue weighted by Gasteiger charge is -2.36. The molecule has 8 nitrogen and oxygen atoms in total. The zero-order chi connectivity index (χ0) is 26.6. The number of halogens is 2. The Morgan fingerprint density at radius 3 is 2.70 bits per heavy atom. The van der Waals surface area contributed by atoms with Crippen LogP contribution < -0.4 is 16.0 Å². The van der Waals surface area contributed by atoms with Gasteiger partial charge in [0.05, 0.1) is 18.0 Å². The van der Waals surface area contributed by atoms with Crippen molar-refractivity contribution in [2.45, 2.75) is 95.4 Å². The van der Waals surface area contributed by atoms with Gasteiger partial charge in [-0.1, -0.05) is 20.3 Å². The van der Waals surface area contributed by atoms with Gasteiger partial charge in [-0.2, -0.15) is 0 Å². The zero-order valence-electron chi connectivity index (χ0n) is 21.5. The van der Waals surface area contributed by atoms with Crippen molar-refractivity contribution in [2.24, 2.45) is 0 Å². The summed E-state index contributed by atoms with van der Waals surface area (Å²) in [6, 6.07) is 1.19. The Morgan fingerprint density at radius 2 is 2.03 bits per heavy atom. The van der Waals surface area contributed by atoms with Crippen LogP contribution in [0.5, 0.6) is 0 Å². The number of carbonyl (C=O) groups excluding carboxylic acids is 2. The van der Waals surface area contributed by atoms with E-state index in [1.807, 2.05) is 13.8 Å². The van der Waals surface area contributed by atoms with Gasteiger partial charge in [0.25, 0.3) is 0 Å². The predicted molar refractivity (Wildman–Crippen MR) is 136 cm³/mol. The van der Waals surface area contributed by atoms with Crippen molar-refractivity contribution in [3.05, 3.63) is 47.4 Å². The molecule has 0 bridgehead atoms. The molecule has 1 saturated carbocycles. The number of amides is 2. The Kier molecular flexibility index (Phi) is 8.59. The second kappa shape index (κ2) is 11.7. The maximum Gasteiger partial charge on any atom is 0.243 e. The maximum absolute atomic E-state index is 14.3. The molecule has 1 heterocycles. The summed E-state index contributed by atoms with van der Waals surface area (Å²) in [5, 5.41) is 19.3. The maximum atomic E-state index is 14.3. The highest BCUT2D eigenvalue weighted by atomic mass is 19.1. The molecule has 4 N–H and O–H groups in total. The molecule has 3 atom stereocenters. The summed E-state index contributed by atoms with van der Waals surface area (Å²) in [5.41, 5.74) is 0.396. The van der Waals surface area contributed by atoms with Crippen LogP contribution in [0.1, 0.15) is 76.0 Å². The zero-order valence-corrected chi connectivity index (χ0v) is 21.5. The van der Waals surface area contributed by atoms with Gasteiger partial charge in [-0.25, -0.2) is 13.8 Å². The molecule has 1 fully saturated rings. The average molecular weight is 518 g/mol. The Hall–Kier alpha value is -2.85. The molecule has 37 heavy (non-hydrogen) atoms. The molecule has 2 amide bonds. The van der Waals surface area contributed by atoms with Crippen molar-refractivity contribution in [1.29, 1.82) is 0 Å². The number of rotatable bonds is 11. The van der Waals surface area contributed by atoms with Crippen molar-refractivity contribution in [2.75, 3.05) is 11.9 Å². The normalized spacial score (nSPS) is 19.9.